The minimum atomic E-state index is -0.545. The maximum atomic E-state index is 13.6. The summed E-state index contributed by atoms with van der Waals surface area (Å²) in [6, 6.07) is 7.81. The highest BCUT2D eigenvalue weighted by Gasteiger charge is 2.17. The molecule has 0 bridgehead atoms. The van der Waals surface area contributed by atoms with Crippen LogP contribution in [0.15, 0.2) is 35.1 Å². The lowest BCUT2D eigenvalue weighted by Gasteiger charge is -2.16. The smallest absolute Gasteiger partial charge is 0.308 e. The highest BCUT2D eigenvalue weighted by Crippen LogP contribution is 2.23. The molecule has 0 aliphatic rings. The summed E-state index contributed by atoms with van der Waals surface area (Å²) < 4.78 is 15.7. The van der Waals surface area contributed by atoms with E-state index in [1.54, 1.807) is 25.2 Å². The summed E-state index contributed by atoms with van der Waals surface area (Å²) in [5.41, 5.74) is 1.63. The maximum absolute atomic E-state index is 13.6. The lowest BCUT2D eigenvalue weighted by molar-refractivity contribution is -0.131. The van der Waals surface area contributed by atoms with Gasteiger partial charge in [0.2, 0.25) is 5.91 Å². The number of fused-ring (bicyclic) bond motifs is 2. The zero-order valence-electron chi connectivity index (χ0n) is 14.9. The Bertz CT molecular complexity index is 1240. The minimum absolute atomic E-state index is 0. The van der Waals surface area contributed by atoms with Crippen molar-refractivity contribution in [3.8, 4) is 0 Å². The average molecular weight is 476 g/mol. The highest BCUT2D eigenvalue weighted by molar-refractivity contribution is 7.16. The van der Waals surface area contributed by atoms with Crippen LogP contribution < -0.4 is 4.87 Å². The van der Waals surface area contributed by atoms with Gasteiger partial charge in [-0.15, -0.1) is 12.4 Å². The number of imidazole rings is 1. The predicted molar refractivity (Wildman–Crippen MR) is 116 cm³/mol. The molecule has 0 aliphatic heterocycles. The van der Waals surface area contributed by atoms with Crippen LogP contribution in [0.5, 0.6) is 0 Å². The molecule has 0 fully saturated rings. The quantitative estimate of drug-likeness (QED) is 0.473. The number of halogens is 4. The monoisotopic (exact) mass is 474 g/mol. The second-order valence-electron chi connectivity index (χ2n) is 6.28. The lowest BCUT2D eigenvalue weighted by Crippen LogP contribution is -2.32. The molecule has 11 heteroatoms. The normalized spacial score (nSPS) is 11.0. The number of aromatic nitrogens is 3. The molecule has 2 aromatic carbocycles. The number of likely N-dealkylation sites (N-methyl/N-ethyl adjacent to an activating group) is 1. The number of hydrogen-bond acceptors (Lipinski definition) is 4. The number of nitrogens with one attached hydrogen (secondary N) is 1. The van der Waals surface area contributed by atoms with E-state index in [-0.39, 0.29) is 41.3 Å². The van der Waals surface area contributed by atoms with Gasteiger partial charge in [-0.25, -0.2) is 9.37 Å². The van der Waals surface area contributed by atoms with E-state index in [9.17, 15) is 14.0 Å². The molecule has 0 saturated carbocycles. The van der Waals surface area contributed by atoms with Crippen LogP contribution in [0, 0.1) is 5.82 Å². The molecule has 152 valence electrons. The molecule has 1 N–H and O–H groups in total. The molecule has 4 aromatic rings. The number of amides is 1. The summed E-state index contributed by atoms with van der Waals surface area (Å²) in [4.78, 5) is 33.4. The third-order valence-electron chi connectivity index (χ3n) is 4.31. The van der Waals surface area contributed by atoms with Crippen molar-refractivity contribution < 1.29 is 9.18 Å². The molecule has 2 aromatic heterocycles. The number of thiazole rings is 1. The van der Waals surface area contributed by atoms with E-state index >= 15 is 0 Å². The molecule has 6 nitrogen and oxygen atoms in total. The number of carbonyl (C=O) groups is 1. The number of hydrogen-bond donors (Lipinski definition) is 1. The van der Waals surface area contributed by atoms with Crippen molar-refractivity contribution in [1.29, 1.82) is 0 Å². The summed E-state index contributed by atoms with van der Waals surface area (Å²) in [6.07, 6.45) is 0. The topological polar surface area (TPSA) is 71.0 Å². The predicted octanol–water partition coefficient (Wildman–Crippen LogP) is 4.47. The van der Waals surface area contributed by atoms with Crippen molar-refractivity contribution in [2.45, 2.75) is 13.1 Å². The Hall–Kier alpha value is -2.13. The Labute approximate surface area is 184 Å². The number of aromatic amines is 1. The van der Waals surface area contributed by atoms with Crippen molar-refractivity contribution in [2.24, 2.45) is 0 Å². The number of carbonyl (C=O) groups excluding carboxylic acids is 1. The van der Waals surface area contributed by atoms with Gasteiger partial charge in [0.05, 0.1) is 32.8 Å². The Morgan fingerprint density at radius 2 is 2.07 bits per heavy atom. The fourth-order valence-electron chi connectivity index (χ4n) is 2.89. The number of nitrogens with zero attached hydrogens (tertiary/aromatic N) is 3. The van der Waals surface area contributed by atoms with Crippen molar-refractivity contribution in [3.63, 3.8) is 0 Å². The van der Waals surface area contributed by atoms with Crippen molar-refractivity contribution in [1.82, 2.24) is 19.4 Å². The molecule has 29 heavy (non-hydrogen) atoms. The largest absolute Gasteiger partial charge is 0.340 e. The summed E-state index contributed by atoms with van der Waals surface area (Å²) in [7, 11) is 1.61. The Morgan fingerprint density at radius 3 is 2.83 bits per heavy atom. The third kappa shape index (κ3) is 4.25. The zero-order chi connectivity index (χ0) is 20.0. The molecule has 0 aliphatic carbocycles. The van der Waals surface area contributed by atoms with Gasteiger partial charge in [-0.2, -0.15) is 0 Å². The van der Waals surface area contributed by atoms with Crippen LogP contribution in [-0.2, 0) is 17.9 Å². The van der Waals surface area contributed by atoms with Crippen LogP contribution in [0.4, 0.5) is 4.39 Å². The standard InChI is InChI=1S/C18H13Cl2FN4O2S.ClH/c1-24(7-16-22-12-5-10(20)11(21)6-13(12)23-16)17(26)8-25-14-4-9(19)2-3-15(14)28-18(25)27;/h2-6H,7-8H2,1H3,(H,22,23);1H. The minimum Gasteiger partial charge on any atom is -0.340 e. The number of H-pyrrole nitrogens is 1. The van der Waals surface area contributed by atoms with Crippen molar-refractivity contribution in [3.05, 3.63) is 61.7 Å². The molecular formula is C18H14Cl3FN4O2S. The van der Waals surface area contributed by atoms with Gasteiger partial charge in [-0.1, -0.05) is 34.5 Å². The number of benzene rings is 2. The zero-order valence-corrected chi connectivity index (χ0v) is 18.1. The molecule has 0 unspecified atom stereocenters. The average Bonchev–Trinajstić information content (AvgIpc) is 3.15. The van der Waals surface area contributed by atoms with Crippen LogP contribution in [0.25, 0.3) is 21.3 Å². The van der Waals surface area contributed by atoms with Crippen LogP contribution >= 0.6 is 46.9 Å². The van der Waals surface area contributed by atoms with E-state index in [2.05, 4.69) is 9.97 Å². The second-order valence-corrected chi connectivity index (χ2v) is 8.12. The molecule has 0 atom stereocenters. The summed E-state index contributed by atoms with van der Waals surface area (Å²) >= 11 is 12.8. The molecule has 0 spiro atoms. The van der Waals surface area contributed by atoms with E-state index in [1.165, 1.54) is 21.6 Å². The van der Waals surface area contributed by atoms with Gasteiger partial charge in [0, 0.05) is 18.1 Å². The summed E-state index contributed by atoms with van der Waals surface area (Å²) in [5, 5.41) is 0.477. The number of rotatable bonds is 4. The molecule has 0 saturated heterocycles. The molecule has 1 amide bonds. The first-order valence-corrected chi connectivity index (χ1v) is 9.75. The van der Waals surface area contributed by atoms with Crippen molar-refractivity contribution in [2.75, 3.05) is 7.05 Å². The van der Waals surface area contributed by atoms with Gasteiger partial charge in [0.1, 0.15) is 18.2 Å². The second kappa shape index (κ2) is 8.31. The van der Waals surface area contributed by atoms with Gasteiger partial charge < -0.3 is 9.88 Å². The molecular weight excluding hydrogens is 462 g/mol. The molecule has 2 heterocycles. The fraction of sp³-hybridized carbons (Fsp3) is 0.167. The Kier molecular flexibility index (Phi) is 6.19. The third-order valence-corrected chi connectivity index (χ3v) is 5.79. The fourth-order valence-corrected chi connectivity index (χ4v) is 4.08. The van der Waals surface area contributed by atoms with E-state index in [4.69, 9.17) is 23.2 Å². The Morgan fingerprint density at radius 1 is 1.31 bits per heavy atom. The van der Waals surface area contributed by atoms with E-state index in [1.807, 2.05) is 0 Å². The van der Waals surface area contributed by atoms with Crippen LogP contribution in [0.3, 0.4) is 0 Å². The maximum Gasteiger partial charge on any atom is 0.308 e. The SMILES string of the molecule is CN(Cc1nc2cc(Cl)c(F)cc2[nH]1)C(=O)Cn1c(=O)sc2ccc(Cl)cc21.Cl. The molecule has 4 rings (SSSR count). The van der Waals surface area contributed by atoms with E-state index < -0.39 is 5.82 Å². The first-order valence-electron chi connectivity index (χ1n) is 8.18. The lowest BCUT2D eigenvalue weighted by atomic mass is 10.3. The highest BCUT2D eigenvalue weighted by atomic mass is 35.5. The summed E-state index contributed by atoms with van der Waals surface area (Å²) in [6.45, 7) is 0.0562. The van der Waals surface area contributed by atoms with Gasteiger partial charge in [-0.05, 0) is 24.3 Å². The van der Waals surface area contributed by atoms with Gasteiger partial charge in [0.25, 0.3) is 0 Å². The van der Waals surface area contributed by atoms with E-state index in [0.29, 0.717) is 27.4 Å². The van der Waals surface area contributed by atoms with Gasteiger partial charge in [-0.3, -0.25) is 14.2 Å². The van der Waals surface area contributed by atoms with E-state index in [0.717, 1.165) is 16.0 Å². The van der Waals surface area contributed by atoms with Gasteiger partial charge in [0.15, 0.2) is 0 Å². The first kappa shape index (κ1) is 21.6. The van der Waals surface area contributed by atoms with Crippen LogP contribution in [-0.4, -0.2) is 32.4 Å². The Balaban J connectivity index is 0.00000240. The van der Waals surface area contributed by atoms with Crippen molar-refractivity contribution >= 4 is 74.1 Å². The summed E-state index contributed by atoms with van der Waals surface area (Å²) in [5.74, 6) is -0.333. The molecule has 0 radical (unpaired) electrons. The first-order chi connectivity index (χ1) is 13.3. The van der Waals surface area contributed by atoms with Gasteiger partial charge >= 0.3 is 4.87 Å². The van der Waals surface area contributed by atoms with Crippen LogP contribution in [0.2, 0.25) is 10.0 Å². The van der Waals surface area contributed by atoms with Crippen LogP contribution in [0.1, 0.15) is 5.82 Å².